The van der Waals surface area contributed by atoms with Gasteiger partial charge in [0.05, 0.1) is 32.3 Å². The van der Waals surface area contributed by atoms with Crippen LogP contribution < -0.4 is 0 Å². The molecule has 0 aromatic carbocycles. The van der Waals surface area contributed by atoms with Crippen molar-refractivity contribution in [3.05, 3.63) is 0 Å². The fraction of sp³-hybridized carbons (Fsp3) is 1.00. The van der Waals surface area contributed by atoms with Gasteiger partial charge >= 0.3 is 0 Å². The predicted octanol–water partition coefficient (Wildman–Crippen LogP) is 7.06. The third kappa shape index (κ3) is 10.0. The van der Waals surface area contributed by atoms with Gasteiger partial charge in [-0.2, -0.15) is 0 Å². The zero-order valence-corrected chi connectivity index (χ0v) is 17.8. The van der Waals surface area contributed by atoms with Crippen molar-refractivity contribution >= 4 is 92.8 Å². The predicted molar refractivity (Wildman–Crippen MR) is 102 cm³/mol. The van der Waals surface area contributed by atoms with E-state index < -0.39 is 0 Å². The molecule has 0 radical (unpaired) electrons. The number of hydrogen-bond acceptors (Lipinski definition) is 0. The van der Waals surface area contributed by atoms with Gasteiger partial charge in [0.25, 0.3) is 0 Å². The summed E-state index contributed by atoms with van der Waals surface area (Å²) in [5, 5.41) is -2.14. The third-order valence-corrected chi connectivity index (χ3v) is 7.30. The Morgan fingerprint density at radius 3 is 0.810 bits per heavy atom. The first-order chi connectivity index (χ1) is 9.56. The Morgan fingerprint density at radius 1 is 0.429 bits per heavy atom. The van der Waals surface area contributed by atoms with Crippen molar-refractivity contribution in [3.63, 3.8) is 0 Å². The summed E-state index contributed by atoms with van der Waals surface area (Å²) < 4.78 is 0. The average Bonchev–Trinajstić information content (AvgIpc) is 2.37. The molecule has 8 heteroatoms. The maximum atomic E-state index is 6.28. The fourth-order valence-electron chi connectivity index (χ4n) is 1.61. The van der Waals surface area contributed by atoms with E-state index in [0.717, 1.165) is 0 Å². The molecule has 0 aliphatic rings. The van der Waals surface area contributed by atoms with Crippen LogP contribution in [0.1, 0.15) is 33.1 Å². The summed E-state index contributed by atoms with van der Waals surface area (Å²) in [4.78, 5) is 0. The van der Waals surface area contributed by atoms with Gasteiger partial charge in [-0.25, -0.2) is 0 Å². The van der Waals surface area contributed by atoms with Crippen molar-refractivity contribution in [3.8, 4) is 0 Å². The van der Waals surface area contributed by atoms with E-state index in [1.54, 1.807) is 0 Å². The third-order valence-electron chi connectivity index (χ3n) is 3.13. The van der Waals surface area contributed by atoms with Crippen molar-refractivity contribution in [2.75, 3.05) is 0 Å². The molecule has 0 N–H and O–H groups in total. The second kappa shape index (κ2) is 11.8. The van der Waals surface area contributed by atoms with Gasteiger partial charge in [0.2, 0.25) is 0 Å². The van der Waals surface area contributed by atoms with Crippen LogP contribution in [0, 0.1) is 0 Å². The average molecular weight is 463 g/mol. The maximum Gasteiger partial charge on any atom is 0.0514 e. The fourth-order valence-corrected chi connectivity index (χ4v) is 3.65. The Morgan fingerprint density at radius 2 is 0.619 bits per heavy atom. The summed E-state index contributed by atoms with van der Waals surface area (Å²) >= 11 is 49.1. The molecular weight excluding hydrogens is 443 g/mol. The topological polar surface area (TPSA) is 0 Å². The van der Waals surface area contributed by atoms with Crippen LogP contribution in [0.3, 0.4) is 0 Å². The van der Waals surface area contributed by atoms with Crippen LogP contribution in [0.25, 0.3) is 0 Å². The van der Waals surface area contributed by atoms with Crippen LogP contribution in [0.5, 0.6) is 0 Å². The Kier molecular flexibility index (Phi) is 13.1. The monoisotopic (exact) mass is 459 g/mol. The minimum Gasteiger partial charge on any atom is -0.122 e. The van der Waals surface area contributed by atoms with Gasteiger partial charge < -0.3 is 0 Å². The highest BCUT2D eigenvalue weighted by atomic mass is 35.5. The Hall–Kier alpha value is 2.32. The van der Waals surface area contributed by atoms with Crippen LogP contribution in [-0.2, 0) is 0 Å². The molecule has 0 aromatic rings. The molecule has 0 spiro atoms. The van der Waals surface area contributed by atoms with Crippen LogP contribution in [-0.4, -0.2) is 43.0 Å². The second-order valence-corrected chi connectivity index (χ2v) is 9.90. The van der Waals surface area contributed by atoms with Crippen molar-refractivity contribution in [2.24, 2.45) is 0 Å². The molecule has 0 saturated carbocycles. The van der Waals surface area contributed by atoms with Crippen molar-refractivity contribution in [1.29, 1.82) is 0 Å². The molecule has 0 saturated heterocycles. The molecule has 0 rings (SSSR count). The molecule has 0 aliphatic carbocycles. The van der Waals surface area contributed by atoms with E-state index in [-0.39, 0.29) is 43.0 Å². The number of halogens is 8. The van der Waals surface area contributed by atoms with Crippen LogP contribution in [0.4, 0.5) is 0 Å². The smallest absolute Gasteiger partial charge is 0.0514 e. The van der Waals surface area contributed by atoms with Crippen molar-refractivity contribution in [2.45, 2.75) is 76.1 Å². The van der Waals surface area contributed by atoms with Crippen molar-refractivity contribution in [1.82, 2.24) is 0 Å². The highest BCUT2D eigenvalue weighted by molar-refractivity contribution is 6.34. The summed E-state index contributed by atoms with van der Waals surface area (Å²) in [5.74, 6) is 0. The van der Waals surface area contributed by atoms with Crippen LogP contribution in [0.15, 0.2) is 0 Å². The molecular formula is C13H20Cl8. The zero-order valence-electron chi connectivity index (χ0n) is 11.8. The normalized spacial score (nSPS) is 23.7. The summed E-state index contributed by atoms with van der Waals surface area (Å²) in [5.41, 5.74) is 0. The number of hydrogen-bond donors (Lipinski definition) is 0. The highest BCUT2D eigenvalue weighted by Gasteiger charge is 2.29. The van der Waals surface area contributed by atoms with Crippen molar-refractivity contribution < 1.29 is 0 Å². The Bertz CT molecular complexity index is 247. The van der Waals surface area contributed by atoms with Gasteiger partial charge in [-0.3, -0.25) is 0 Å². The summed E-state index contributed by atoms with van der Waals surface area (Å²) in [6.45, 7) is 3.64. The quantitative estimate of drug-likeness (QED) is 0.241. The Labute approximate surface area is 168 Å². The lowest BCUT2D eigenvalue weighted by Crippen LogP contribution is -2.29. The van der Waals surface area contributed by atoms with E-state index in [1.165, 1.54) is 0 Å². The molecule has 128 valence electrons. The van der Waals surface area contributed by atoms with Gasteiger partial charge in [0.15, 0.2) is 0 Å². The van der Waals surface area contributed by atoms with Crippen LogP contribution >= 0.6 is 92.8 Å². The van der Waals surface area contributed by atoms with Gasteiger partial charge in [-0.1, -0.05) is 0 Å². The molecule has 0 aromatic heterocycles. The zero-order chi connectivity index (χ0) is 16.7. The molecule has 0 bridgehead atoms. The van der Waals surface area contributed by atoms with E-state index in [2.05, 4.69) is 0 Å². The standard InChI is InChI=1S/C13H20Cl8/c1-6(14)8(16)3-10(18)12(20)5-13(21)11(19)4-9(17)7(2)15/h6-13H,3-5H2,1-2H3/i5+1,12+1,13+1. The highest BCUT2D eigenvalue weighted by Crippen LogP contribution is 2.30. The lowest BCUT2D eigenvalue weighted by atomic mass is 10.2. The molecule has 8 unspecified atom stereocenters. The summed E-state index contributed by atoms with van der Waals surface area (Å²) in [6, 6.07) is 0. The summed E-state index contributed by atoms with van der Waals surface area (Å²) in [7, 11) is 0. The van der Waals surface area contributed by atoms with E-state index in [9.17, 15) is 0 Å². The first-order valence-electron chi connectivity index (χ1n) is 6.68. The molecule has 0 nitrogen and oxygen atoms in total. The van der Waals surface area contributed by atoms with E-state index >= 15 is 0 Å². The first kappa shape index (κ1) is 23.3. The van der Waals surface area contributed by atoms with Gasteiger partial charge in [0.1, 0.15) is 0 Å². The largest absolute Gasteiger partial charge is 0.122 e. The second-order valence-electron chi connectivity index (χ2n) is 5.16. The molecule has 0 heterocycles. The van der Waals surface area contributed by atoms with Crippen LogP contribution in [0.2, 0.25) is 0 Å². The Balaban J connectivity index is 4.26. The minimum atomic E-state index is -0.339. The van der Waals surface area contributed by atoms with E-state index in [1.807, 2.05) is 13.8 Å². The molecule has 21 heavy (non-hydrogen) atoms. The van der Waals surface area contributed by atoms with Gasteiger partial charge in [-0.15, -0.1) is 92.8 Å². The first-order valence-corrected chi connectivity index (χ1v) is 10.2. The summed E-state index contributed by atoms with van der Waals surface area (Å²) in [6.07, 6.45) is 1.48. The minimum absolute atomic E-state index is 0.174. The van der Waals surface area contributed by atoms with Gasteiger partial charge in [0, 0.05) is 10.8 Å². The lowest BCUT2D eigenvalue weighted by Gasteiger charge is -2.25. The van der Waals surface area contributed by atoms with E-state index in [0.29, 0.717) is 19.3 Å². The van der Waals surface area contributed by atoms with Gasteiger partial charge in [-0.05, 0) is 33.1 Å². The number of alkyl halides is 8. The van der Waals surface area contributed by atoms with E-state index in [4.69, 9.17) is 92.8 Å². The lowest BCUT2D eigenvalue weighted by molar-refractivity contribution is 0.580. The maximum absolute atomic E-state index is 6.28. The molecule has 0 amide bonds. The molecule has 0 fully saturated rings. The number of rotatable bonds is 10. The molecule has 0 aliphatic heterocycles. The molecule has 8 atom stereocenters. The SMILES string of the molecule is CC(Cl)C(Cl)CC(Cl)[13CH](Cl)[13CH2][13CH](Cl)C(Cl)CC(Cl)C(C)Cl.